The number of piperidine rings is 1. The van der Waals surface area contributed by atoms with Crippen LogP contribution >= 0.6 is 11.3 Å². The number of amides is 1. The number of nitrogens with zero attached hydrogens (tertiary/aromatic N) is 3. The lowest BCUT2D eigenvalue weighted by Crippen LogP contribution is -2.41. The van der Waals surface area contributed by atoms with Crippen molar-refractivity contribution in [2.24, 2.45) is 0 Å². The van der Waals surface area contributed by atoms with Gasteiger partial charge >= 0.3 is 0 Å². The Bertz CT molecular complexity index is 702. The molecule has 3 heterocycles. The van der Waals surface area contributed by atoms with Gasteiger partial charge in [-0.2, -0.15) is 11.3 Å². The first-order valence-electron chi connectivity index (χ1n) is 8.17. The Balaban J connectivity index is 1.53. The predicted octanol–water partition coefficient (Wildman–Crippen LogP) is 2.13. The molecule has 1 atom stereocenters. The summed E-state index contributed by atoms with van der Waals surface area (Å²) in [6.45, 7) is 3.09. The third kappa shape index (κ3) is 5.35. The fourth-order valence-corrected chi connectivity index (χ4v) is 3.52. The first-order valence-corrected chi connectivity index (χ1v) is 9.11. The molecule has 7 nitrogen and oxygen atoms in total. The summed E-state index contributed by atoms with van der Waals surface area (Å²) in [5.74, 6) is 0.128. The van der Waals surface area contributed by atoms with Crippen molar-refractivity contribution in [2.75, 3.05) is 18.4 Å². The van der Waals surface area contributed by atoms with E-state index in [1.807, 2.05) is 0 Å². The highest BCUT2D eigenvalue weighted by Crippen LogP contribution is 2.17. The van der Waals surface area contributed by atoms with Gasteiger partial charge in [-0.05, 0) is 47.9 Å². The van der Waals surface area contributed by atoms with Crippen molar-refractivity contribution >= 4 is 29.1 Å². The molecule has 1 saturated heterocycles. The molecule has 132 valence electrons. The Morgan fingerprint density at radius 3 is 3.08 bits per heavy atom. The van der Waals surface area contributed by atoms with Gasteiger partial charge in [-0.25, -0.2) is 10.5 Å². The Hall–Kier alpha value is -2.29. The highest BCUT2D eigenvalue weighted by Gasteiger charge is 2.20. The maximum absolute atomic E-state index is 10.9. The second kappa shape index (κ2) is 8.70. The van der Waals surface area contributed by atoms with Crippen LogP contribution in [0.5, 0.6) is 0 Å². The van der Waals surface area contributed by atoms with Crippen molar-refractivity contribution in [1.29, 1.82) is 0 Å². The number of hydroxylamine groups is 1. The molecule has 3 N–H and O–H groups in total. The molecule has 2 aromatic rings. The molecular formula is C17H21N5O2S. The molecule has 0 aromatic carbocycles. The smallest absolute Gasteiger partial charge is 0.267 e. The number of aromatic nitrogens is 2. The number of thiophene rings is 1. The highest BCUT2D eigenvalue weighted by molar-refractivity contribution is 7.07. The van der Waals surface area contributed by atoms with Gasteiger partial charge in [0.05, 0.1) is 18.1 Å². The van der Waals surface area contributed by atoms with Gasteiger partial charge in [0, 0.05) is 25.2 Å². The summed E-state index contributed by atoms with van der Waals surface area (Å²) in [5, 5.41) is 16.2. The Kier molecular flexibility index (Phi) is 6.10. The first kappa shape index (κ1) is 17.5. The van der Waals surface area contributed by atoms with Crippen LogP contribution in [0.1, 0.15) is 24.1 Å². The van der Waals surface area contributed by atoms with Gasteiger partial charge in [0.2, 0.25) is 0 Å². The molecule has 0 saturated carbocycles. The van der Waals surface area contributed by atoms with Crippen LogP contribution in [0.25, 0.3) is 6.08 Å². The van der Waals surface area contributed by atoms with Crippen molar-refractivity contribution < 1.29 is 10.0 Å². The molecule has 1 aliphatic heterocycles. The Labute approximate surface area is 150 Å². The SMILES string of the molecule is O=C(C=Cc1cnc(N[C@@H]2CCCN(Cc3ccsc3)C2)cn1)NO. The van der Waals surface area contributed by atoms with E-state index in [2.05, 4.69) is 37.0 Å². The number of carbonyl (C=O) groups excluding carboxylic acids is 1. The normalized spacial score (nSPS) is 18.4. The molecule has 3 rings (SSSR count). The third-order valence-electron chi connectivity index (χ3n) is 4.03. The second-order valence-corrected chi connectivity index (χ2v) is 6.77. The zero-order valence-corrected chi connectivity index (χ0v) is 14.6. The monoisotopic (exact) mass is 359 g/mol. The minimum Gasteiger partial charge on any atom is -0.365 e. The van der Waals surface area contributed by atoms with E-state index in [-0.39, 0.29) is 0 Å². The summed E-state index contributed by atoms with van der Waals surface area (Å²) in [4.78, 5) is 22.0. The van der Waals surface area contributed by atoms with E-state index in [9.17, 15) is 4.79 Å². The number of anilines is 1. The molecule has 1 fully saturated rings. The van der Waals surface area contributed by atoms with E-state index in [1.54, 1.807) is 23.7 Å². The molecule has 25 heavy (non-hydrogen) atoms. The lowest BCUT2D eigenvalue weighted by molar-refractivity contribution is -0.124. The zero-order valence-electron chi connectivity index (χ0n) is 13.8. The van der Waals surface area contributed by atoms with Crippen LogP contribution in [-0.2, 0) is 11.3 Å². The van der Waals surface area contributed by atoms with E-state index >= 15 is 0 Å². The van der Waals surface area contributed by atoms with E-state index < -0.39 is 5.91 Å². The molecule has 0 radical (unpaired) electrons. The van der Waals surface area contributed by atoms with Crippen molar-refractivity contribution in [1.82, 2.24) is 20.3 Å². The summed E-state index contributed by atoms with van der Waals surface area (Å²) in [6.07, 6.45) is 8.21. The maximum Gasteiger partial charge on any atom is 0.267 e. The van der Waals surface area contributed by atoms with Gasteiger partial charge in [0.15, 0.2) is 0 Å². The van der Waals surface area contributed by atoms with E-state index in [1.165, 1.54) is 23.2 Å². The minimum atomic E-state index is -0.600. The van der Waals surface area contributed by atoms with Gasteiger partial charge < -0.3 is 5.32 Å². The van der Waals surface area contributed by atoms with E-state index in [0.717, 1.165) is 38.3 Å². The van der Waals surface area contributed by atoms with Crippen molar-refractivity contribution in [3.63, 3.8) is 0 Å². The fourth-order valence-electron chi connectivity index (χ4n) is 2.86. The summed E-state index contributed by atoms with van der Waals surface area (Å²) in [5.41, 5.74) is 3.45. The van der Waals surface area contributed by atoms with Crippen LogP contribution < -0.4 is 10.8 Å². The summed E-state index contributed by atoms with van der Waals surface area (Å²) < 4.78 is 0. The van der Waals surface area contributed by atoms with Crippen LogP contribution in [0, 0.1) is 0 Å². The zero-order chi connectivity index (χ0) is 17.5. The predicted molar refractivity (Wildman–Crippen MR) is 97.2 cm³/mol. The third-order valence-corrected chi connectivity index (χ3v) is 4.76. The van der Waals surface area contributed by atoms with Crippen LogP contribution in [0.4, 0.5) is 5.82 Å². The minimum absolute atomic E-state index is 0.350. The quantitative estimate of drug-likeness (QED) is 0.416. The number of hydrogen-bond donors (Lipinski definition) is 3. The summed E-state index contributed by atoms with van der Waals surface area (Å²) in [6, 6.07) is 2.53. The van der Waals surface area contributed by atoms with E-state index in [0.29, 0.717) is 11.7 Å². The van der Waals surface area contributed by atoms with Gasteiger partial charge in [-0.3, -0.25) is 19.9 Å². The van der Waals surface area contributed by atoms with Crippen LogP contribution in [-0.4, -0.2) is 45.1 Å². The second-order valence-electron chi connectivity index (χ2n) is 5.99. The standard InChI is InChI=1S/C17H21N5O2S/c23-17(21-24)4-3-14-8-19-16(9-18-14)20-15-2-1-6-22(11-15)10-13-5-7-25-12-13/h3-5,7-9,12,15,24H,1-2,6,10-11H2,(H,19,20)(H,21,23)/t15-/m1/s1. The van der Waals surface area contributed by atoms with Gasteiger partial charge in [-0.15, -0.1) is 0 Å². The lowest BCUT2D eigenvalue weighted by atomic mass is 10.1. The molecule has 0 bridgehead atoms. The number of nitrogens with one attached hydrogen (secondary N) is 2. The largest absolute Gasteiger partial charge is 0.365 e. The molecule has 1 amide bonds. The topological polar surface area (TPSA) is 90.4 Å². The molecule has 0 aliphatic carbocycles. The Morgan fingerprint density at radius 2 is 2.36 bits per heavy atom. The van der Waals surface area contributed by atoms with Crippen molar-refractivity contribution in [3.05, 3.63) is 46.6 Å². The van der Waals surface area contributed by atoms with Crippen molar-refractivity contribution in [2.45, 2.75) is 25.4 Å². The Morgan fingerprint density at radius 1 is 1.44 bits per heavy atom. The van der Waals surface area contributed by atoms with E-state index in [4.69, 9.17) is 5.21 Å². The van der Waals surface area contributed by atoms with Gasteiger partial charge in [0.25, 0.3) is 5.91 Å². The molecule has 2 aromatic heterocycles. The molecule has 1 aliphatic rings. The van der Waals surface area contributed by atoms with Gasteiger partial charge in [-0.1, -0.05) is 0 Å². The first-order chi connectivity index (χ1) is 12.2. The van der Waals surface area contributed by atoms with Gasteiger partial charge in [0.1, 0.15) is 5.82 Å². The highest BCUT2D eigenvalue weighted by atomic mass is 32.1. The fraction of sp³-hybridized carbons (Fsp3) is 0.353. The number of hydrogen-bond acceptors (Lipinski definition) is 7. The molecular weight excluding hydrogens is 338 g/mol. The number of rotatable bonds is 6. The average molecular weight is 359 g/mol. The summed E-state index contributed by atoms with van der Waals surface area (Å²) >= 11 is 1.74. The van der Waals surface area contributed by atoms with Crippen LogP contribution in [0.3, 0.4) is 0 Å². The molecule has 0 unspecified atom stereocenters. The molecule has 8 heteroatoms. The van der Waals surface area contributed by atoms with Crippen LogP contribution in [0.2, 0.25) is 0 Å². The number of carbonyl (C=O) groups is 1. The molecule has 0 spiro atoms. The summed E-state index contributed by atoms with van der Waals surface area (Å²) in [7, 11) is 0. The average Bonchev–Trinajstić information content (AvgIpc) is 3.14. The number of likely N-dealkylation sites (tertiary alicyclic amines) is 1. The van der Waals surface area contributed by atoms with Crippen molar-refractivity contribution in [3.8, 4) is 0 Å². The lowest BCUT2D eigenvalue weighted by Gasteiger charge is -2.33. The maximum atomic E-state index is 10.9. The van der Waals surface area contributed by atoms with Crippen LogP contribution in [0.15, 0.2) is 35.3 Å².